The molecule has 128 valence electrons. The lowest BCUT2D eigenvalue weighted by atomic mass is 10.1. The molecule has 2 amide bonds. The Hall–Kier alpha value is -2.71. The van der Waals surface area contributed by atoms with E-state index < -0.39 is 28.4 Å². The zero-order valence-electron chi connectivity index (χ0n) is 13.6. The third-order valence-corrected chi connectivity index (χ3v) is 4.33. The largest absolute Gasteiger partial charge is 0.480 e. The van der Waals surface area contributed by atoms with Gasteiger partial charge in [0, 0.05) is 12.1 Å². The van der Waals surface area contributed by atoms with Crippen LogP contribution < -0.4 is 16.1 Å². The molecule has 1 aromatic carbocycles. The number of carboxylic acid groups (broad SMARTS) is 1. The van der Waals surface area contributed by atoms with Crippen LogP contribution in [0.3, 0.4) is 0 Å². The average molecular weight is 333 g/mol. The third kappa shape index (κ3) is 2.55. The number of nitrogens with zero attached hydrogens (tertiary/aromatic N) is 2. The number of benzene rings is 1. The van der Waals surface area contributed by atoms with E-state index in [1.807, 2.05) is 0 Å². The van der Waals surface area contributed by atoms with Crippen LogP contribution >= 0.6 is 0 Å². The van der Waals surface area contributed by atoms with Gasteiger partial charge >= 0.3 is 17.8 Å². The van der Waals surface area contributed by atoms with Gasteiger partial charge in [0.25, 0.3) is 0 Å². The molecule has 8 nitrogen and oxygen atoms in total. The Balaban J connectivity index is 2.45. The molecule has 0 spiro atoms. The number of carboxylic acids is 1. The van der Waals surface area contributed by atoms with Gasteiger partial charge < -0.3 is 16.6 Å². The van der Waals surface area contributed by atoms with Crippen molar-refractivity contribution in [2.24, 2.45) is 11.5 Å². The van der Waals surface area contributed by atoms with E-state index in [2.05, 4.69) is 0 Å². The van der Waals surface area contributed by atoms with E-state index in [0.717, 1.165) is 0 Å². The number of carbonyl (C=O) groups is 3. The van der Waals surface area contributed by atoms with Crippen molar-refractivity contribution < 1.29 is 19.5 Å². The summed E-state index contributed by atoms with van der Waals surface area (Å²) in [7, 11) is 1.61. The van der Waals surface area contributed by atoms with Crippen molar-refractivity contribution in [3.8, 4) is 0 Å². The second kappa shape index (κ2) is 6.42. The van der Waals surface area contributed by atoms with E-state index >= 15 is 0 Å². The lowest BCUT2D eigenvalue weighted by Crippen LogP contribution is -2.63. The van der Waals surface area contributed by atoms with Crippen LogP contribution in [0.4, 0.5) is 5.69 Å². The maximum atomic E-state index is 13.0. The highest BCUT2D eigenvalue weighted by Crippen LogP contribution is 2.36. The summed E-state index contributed by atoms with van der Waals surface area (Å²) in [6.45, 7) is 1.66. The molecule has 8 heteroatoms. The molecule has 24 heavy (non-hydrogen) atoms. The van der Waals surface area contributed by atoms with Crippen molar-refractivity contribution in [1.29, 1.82) is 0 Å². The van der Waals surface area contributed by atoms with Gasteiger partial charge in [-0.1, -0.05) is 22.8 Å². The summed E-state index contributed by atoms with van der Waals surface area (Å²) in [4.78, 5) is 36.7. The molecule has 1 aromatic rings. The zero-order chi connectivity index (χ0) is 18.1. The Bertz CT molecular complexity index is 716. The van der Waals surface area contributed by atoms with Gasteiger partial charge in [0.1, 0.15) is 6.04 Å². The number of imide groups is 1. The highest BCUT2D eigenvalue weighted by Gasteiger charge is 2.57. The molecule has 1 heterocycles. The minimum absolute atomic E-state index is 0.0113. The minimum Gasteiger partial charge on any atom is -0.480 e. The SMILES string of the molecule is CC1=C(N)C(=O)[N+](C(=O)CC[C@H](N)C(=O)O)(c2ccccc2)N1C. The fourth-order valence-corrected chi connectivity index (χ4v) is 2.79. The fourth-order valence-electron chi connectivity index (χ4n) is 2.79. The second-order valence-electron chi connectivity index (χ2n) is 5.68. The molecule has 1 unspecified atom stereocenters. The quantitative estimate of drug-likeness (QED) is 0.661. The first kappa shape index (κ1) is 17.6. The number of allylic oxidation sites excluding steroid dienone is 1. The van der Waals surface area contributed by atoms with Crippen molar-refractivity contribution in [1.82, 2.24) is 9.60 Å². The summed E-state index contributed by atoms with van der Waals surface area (Å²) < 4.78 is -0.717. The van der Waals surface area contributed by atoms with Gasteiger partial charge in [-0.25, -0.2) is 14.6 Å². The smallest absolute Gasteiger partial charge is 0.400 e. The number of hydrogen-bond acceptors (Lipinski definition) is 6. The molecule has 2 rings (SSSR count). The Kier molecular flexibility index (Phi) is 4.72. The first-order chi connectivity index (χ1) is 11.2. The van der Waals surface area contributed by atoms with Crippen LogP contribution in [0, 0.1) is 0 Å². The van der Waals surface area contributed by atoms with Crippen LogP contribution in [0.2, 0.25) is 0 Å². The number of quaternary nitrogens is 1. The van der Waals surface area contributed by atoms with Crippen LogP contribution in [-0.4, -0.2) is 41.0 Å². The molecule has 1 aliphatic rings. The Morgan fingerprint density at radius 1 is 1.29 bits per heavy atom. The van der Waals surface area contributed by atoms with Crippen molar-refractivity contribution in [2.75, 3.05) is 7.05 Å². The number of nitrogens with two attached hydrogens (primary N) is 2. The fraction of sp³-hybridized carbons (Fsp3) is 0.312. The van der Waals surface area contributed by atoms with Gasteiger partial charge in [0.15, 0.2) is 11.4 Å². The Morgan fingerprint density at radius 2 is 1.88 bits per heavy atom. The van der Waals surface area contributed by atoms with Gasteiger partial charge in [-0.3, -0.25) is 4.79 Å². The molecular formula is C16H21N4O4+. The molecular weight excluding hydrogens is 312 g/mol. The van der Waals surface area contributed by atoms with Crippen molar-refractivity contribution >= 4 is 23.5 Å². The van der Waals surface area contributed by atoms with Crippen molar-refractivity contribution in [2.45, 2.75) is 25.8 Å². The topological polar surface area (TPSA) is 127 Å². The number of carbonyl (C=O) groups excluding carboxylic acids is 2. The maximum absolute atomic E-state index is 13.0. The number of hydrogen-bond donors (Lipinski definition) is 3. The molecule has 1 aliphatic heterocycles. The van der Waals surface area contributed by atoms with Crippen LogP contribution in [0.25, 0.3) is 0 Å². The maximum Gasteiger partial charge on any atom is 0.400 e. The first-order valence-electron chi connectivity index (χ1n) is 7.46. The molecule has 0 saturated carbocycles. The molecule has 5 N–H and O–H groups in total. The zero-order valence-corrected chi connectivity index (χ0v) is 13.6. The summed E-state index contributed by atoms with van der Waals surface area (Å²) in [6, 6.07) is 7.37. The van der Waals surface area contributed by atoms with Crippen LogP contribution in [0.5, 0.6) is 0 Å². The van der Waals surface area contributed by atoms with Crippen LogP contribution in [-0.2, 0) is 14.4 Å². The first-order valence-corrected chi connectivity index (χ1v) is 7.46. The second-order valence-corrected chi connectivity index (χ2v) is 5.68. The van der Waals surface area contributed by atoms with Gasteiger partial charge in [-0.2, -0.15) is 0 Å². The molecule has 0 saturated heterocycles. The van der Waals surface area contributed by atoms with E-state index in [9.17, 15) is 14.4 Å². The van der Waals surface area contributed by atoms with E-state index in [1.165, 1.54) is 5.01 Å². The summed E-state index contributed by atoms with van der Waals surface area (Å²) in [5.74, 6) is -2.22. The Morgan fingerprint density at radius 3 is 2.33 bits per heavy atom. The van der Waals surface area contributed by atoms with Crippen LogP contribution in [0.1, 0.15) is 19.8 Å². The molecule has 0 bridgehead atoms. The van der Waals surface area contributed by atoms with Gasteiger partial charge in [0.05, 0.1) is 19.2 Å². The molecule has 0 radical (unpaired) electrons. The predicted molar refractivity (Wildman–Crippen MR) is 87.7 cm³/mol. The van der Waals surface area contributed by atoms with Crippen LogP contribution in [0.15, 0.2) is 41.7 Å². The van der Waals surface area contributed by atoms with E-state index in [-0.39, 0.29) is 18.5 Å². The van der Waals surface area contributed by atoms with Crippen molar-refractivity contribution in [3.05, 3.63) is 41.7 Å². The lowest BCUT2D eigenvalue weighted by Gasteiger charge is -2.35. The molecule has 0 fully saturated rings. The summed E-state index contributed by atoms with van der Waals surface area (Å²) >= 11 is 0. The highest BCUT2D eigenvalue weighted by atomic mass is 16.4. The summed E-state index contributed by atoms with van der Waals surface area (Å²) in [5, 5.41) is 10.4. The minimum atomic E-state index is -1.19. The number of aliphatic carboxylic acids is 1. The monoisotopic (exact) mass is 333 g/mol. The van der Waals surface area contributed by atoms with Gasteiger partial charge in [0.2, 0.25) is 0 Å². The van der Waals surface area contributed by atoms with Crippen molar-refractivity contribution in [3.63, 3.8) is 0 Å². The van der Waals surface area contributed by atoms with E-state index in [0.29, 0.717) is 11.4 Å². The average Bonchev–Trinajstić information content (AvgIpc) is 2.75. The predicted octanol–water partition coefficient (Wildman–Crippen LogP) is 0.290. The van der Waals surface area contributed by atoms with E-state index in [1.54, 1.807) is 44.3 Å². The highest BCUT2D eigenvalue weighted by molar-refractivity contribution is 6.16. The normalized spacial score (nSPS) is 22.0. The molecule has 0 aliphatic carbocycles. The summed E-state index contributed by atoms with van der Waals surface area (Å²) in [5.41, 5.74) is 12.3. The molecule has 2 atom stereocenters. The standard InChI is InChI=1S/C16H20N4O4/c1-10-14(18)15(22)20(19(10)2,11-6-4-3-5-7-11)13(21)9-8-12(17)16(23)24/h3-7,12H,8-9,17-18H2,1-2H3/p+1/t12-,20?/m0/s1. The lowest BCUT2D eigenvalue weighted by molar-refractivity contribution is -0.152. The Labute approximate surface area is 139 Å². The number of para-hydroxylation sites is 1. The third-order valence-electron chi connectivity index (χ3n) is 4.33. The molecule has 0 aromatic heterocycles. The number of amides is 2. The van der Waals surface area contributed by atoms with Gasteiger partial charge in [-0.15, -0.1) is 0 Å². The van der Waals surface area contributed by atoms with E-state index in [4.69, 9.17) is 16.6 Å². The summed E-state index contributed by atoms with van der Waals surface area (Å²) in [6.07, 6.45) is -0.236. The van der Waals surface area contributed by atoms with Gasteiger partial charge in [-0.05, 0) is 13.3 Å². The number of rotatable bonds is 5.